The molecule has 0 aliphatic heterocycles. The molecule has 1 aromatic heterocycles. The molecule has 0 saturated heterocycles. The Morgan fingerprint density at radius 2 is 1.94 bits per heavy atom. The van der Waals surface area contributed by atoms with Crippen LogP contribution in [0.15, 0.2) is 16.7 Å². The molecule has 1 N–H and O–H groups in total. The summed E-state index contributed by atoms with van der Waals surface area (Å²) in [6.07, 6.45) is -6.21. The molecule has 17 heavy (non-hydrogen) atoms. The fourth-order valence-corrected chi connectivity index (χ4v) is 1.39. The van der Waals surface area contributed by atoms with Gasteiger partial charge in [-0.25, -0.2) is 13.8 Å². The third-order valence-electron chi connectivity index (χ3n) is 1.98. The van der Waals surface area contributed by atoms with Gasteiger partial charge in [-0.1, -0.05) is 0 Å². The monoisotopic (exact) mass is 318 g/mol. The maximum absolute atomic E-state index is 12.5. The number of rotatable bonds is 3. The third kappa shape index (κ3) is 3.79. The van der Waals surface area contributed by atoms with E-state index < -0.39 is 24.2 Å². The summed E-state index contributed by atoms with van der Waals surface area (Å²) in [4.78, 5) is 3.58. The van der Waals surface area contributed by atoms with Crippen LogP contribution in [0.5, 0.6) is 0 Å². The topological polar surface area (TPSA) is 24.9 Å². The van der Waals surface area contributed by atoms with Gasteiger partial charge in [-0.3, -0.25) is 0 Å². The maximum atomic E-state index is 12.5. The maximum Gasteiger partial charge on any atom is 0.408 e. The molecule has 1 rings (SSSR count). The minimum atomic E-state index is -4.46. The van der Waals surface area contributed by atoms with Crippen LogP contribution in [0.25, 0.3) is 0 Å². The van der Waals surface area contributed by atoms with Crippen molar-refractivity contribution in [2.75, 3.05) is 5.32 Å². The number of aromatic nitrogens is 1. The SMILES string of the molecule is C[C@@H](Nc1cc(C(F)F)c(Br)cn1)C(F)(F)F. The van der Waals surface area contributed by atoms with Gasteiger partial charge in [-0.15, -0.1) is 0 Å². The first-order valence-electron chi connectivity index (χ1n) is 4.48. The predicted octanol–water partition coefficient (Wildman–Crippen LogP) is 4.14. The second-order valence-electron chi connectivity index (χ2n) is 3.30. The first-order valence-corrected chi connectivity index (χ1v) is 5.28. The van der Waals surface area contributed by atoms with Crippen LogP contribution in [-0.2, 0) is 0 Å². The van der Waals surface area contributed by atoms with Crippen LogP contribution in [0.4, 0.5) is 27.8 Å². The molecule has 1 heterocycles. The van der Waals surface area contributed by atoms with E-state index in [2.05, 4.69) is 20.9 Å². The third-order valence-corrected chi connectivity index (χ3v) is 2.64. The number of pyridine rings is 1. The molecule has 0 amide bonds. The van der Waals surface area contributed by atoms with Crippen LogP contribution in [0, 0.1) is 0 Å². The summed E-state index contributed by atoms with van der Waals surface area (Å²) in [7, 11) is 0. The van der Waals surface area contributed by atoms with Crippen molar-refractivity contribution in [1.29, 1.82) is 0 Å². The molecule has 8 heteroatoms. The molecular weight excluding hydrogens is 311 g/mol. The zero-order valence-electron chi connectivity index (χ0n) is 8.52. The van der Waals surface area contributed by atoms with Crippen molar-refractivity contribution in [2.45, 2.75) is 25.6 Å². The quantitative estimate of drug-likeness (QED) is 0.847. The van der Waals surface area contributed by atoms with Crippen molar-refractivity contribution in [3.05, 3.63) is 22.3 Å². The second kappa shape index (κ2) is 5.16. The number of halogens is 6. The summed E-state index contributed by atoms with van der Waals surface area (Å²) in [5, 5.41) is 2.01. The Balaban J connectivity index is 2.90. The van der Waals surface area contributed by atoms with Gasteiger partial charge in [0.2, 0.25) is 0 Å². The highest BCUT2D eigenvalue weighted by atomic mass is 79.9. The molecule has 0 bridgehead atoms. The first kappa shape index (κ1) is 14.1. The van der Waals surface area contributed by atoms with Crippen LogP contribution in [0.3, 0.4) is 0 Å². The van der Waals surface area contributed by atoms with E-state index in [1.54, 1.807) is 0 Å². The summed E-state index contributed by atoms with van der Waals surface area (Å²) in [6.45, 7) is 0.881. The van der Waals surface area contributed by atoms with Crippen LogP contribution in [0.1, 0.15) is 18.9 Å². The number of alkyl halides is 5. The van der Waals surface area contributed by atoms with Gasteiger partial charge in [0.1, 0.15) is 11.9 Å². The van der Waals surface area contributed by atoms with E-state index in [1.165, 1.54) is 0 Å². The zero-order chi connectivity index (χ0) is 13.2. The Bertz CT molecular complexity index is 393. The van der Waals surface area contributed by atoms with E-state index in [1.807, 2.05) is 5.32 Å². The Kier molecular flexibility index (Phi) is 4.29. The smallest absolute Gasteiger partial charge is 0.359 e. The molecule has 0 aliphatic carbocycles. The largest absolute Gasteiger partial charge is 0.408 e. The second-order valence-corrected chi connectivity index (χ2v) is 4.15. The molecule has 96 valence electrons. The van der Waals surface area contributed by atoms with Gasteiger partial charge >= 0.3 is 6.18 Å². The molecule has 0 saturated carbocycles. The molecular formula is C9H8BrF5N2. The number of nitrogens with zero attached hydrogens (tertiary/aromatic N) is 1. The number of hydrogen-bond acceptors (Lipinski definition) is 2. The van der Waals surface area contributed by atoms with Gasteiger partial charge in [0, 0.05) is 16.2 Å². The lowest BCUT2D eigenvalue weighted by Gasteiger charge is -2.18. The lowest BCUT2D eigenvalue weighted by atomic mass is 10.2. The fraction of sp³-hybridized carbons (Fsp3) is 0.444. The van der Waals surface area contributed by atoms with Gasteiger partial charge in [0.25, 0.3) is 6.43 Å². The van der Waals surface area contributed by atoms with E-state index in [9.17, 15) is 22.0 Å². The zero-order valence-corrected chi connectivity index (χ0v) is 10.1. The normalized spacial score (nSPS) is 13.9. The van der Waals surface area contributed by atoms with Gasteiger partial charge in [0.15, 0.2) is 0 Å². The van der Waals surface area contributed by atoms with E-state index >= 15 is 0 Å². The summed E-state index contributed by atoms with van der Waals surface area (Å²) >= 11 is 2.84. The highest BCUT2D eigenvalue weighted by Crippen LogP contribution is 2.29. The van der Waals surface area contributed by atoms with Gasteiger partial charge < -0.3 is 5.32 Å². The highest BCUT2D eigenvalue weighted by molar-refractivity contribution is 9.10. The average molecular weight is 319 g/mol. The van der Waals surface area contributed by atoms with Crippen molar-refractivity contribution >= 4 is 21.7 Å². The molecule has 0 unspecified atom stereocenters. The molecule has 0 spiro atoms. The molecule has 1 atom stereocenters. The van der Waals surface area contributed by atoms with Crippen molar-refractivity contribution in [2.24, 2.45) is 0 Å². The van der Waals surface area contributed by atoms with Gasteiger partial charge in [-0.2, -0.15) is 13.2 Å². The molecule has 0 fully saturated rings. The predicted molar refractivity (Wildman–Crippen MR) is 56.0 cm³/mol. The molecule has 1 aromatic rings. The fourth-order valence-electron chi connectivity index (χ4n) is 1.00. The van der Waals surface area contributed by atoms with E-state index in [-0.39, 0.29) is 10.3 Å². The summed E-state index contributed by atoms with van der Waals surface area (Å²) in [5.74, 6) is -0.242. The number of nitrogens with one attached hydrogen (secondary N) is 1. The average Bonchev–Trinajstić information content (AvgIpc) is 2.19. The minimum absolute atomic E-state index is 0.0534. The van der Waals surface area contributed by atoms with Gasteiger partial charge in [-0.05, 0) is 28.9 Å². The standard InChI is InChI=1S/C9H8BrF5N2/c1-4(9(13,14)15)17-7-2-5(8(11)12)6(10)3-16-7/h2-4,8H,1H3,(H,16,17)/t4-/m1/s1. The Hall–Kier alpha value is -0.920. The van der Waals surface area contributed by atoms with Crippen molar-refractivity contribution in [1.82, 2.24) is 4.98 Å². The van der Waals surface area contributed by atoms with Crippen LogP contribution in [0.2, 0.25) is 0 Å². The Morgan fingerprint density at radius 3 is 2.41 bits per heavy atom. The summed E-state index contributed by atoms with van der Waals surface area (Å²) in [6, 6.07) is -0.974. The number of anilines is 1. The van der Waals surface area contributed by atoms with Crippen LogP contribution < -0.4 is 5.32 Å². The van der Waals surface area contributed by atoms with Crippen molar-refractivity contribution < 1.29 is 22.0 Å². The van der Waals surface area contributed by atoms with Crippen LogP contribution in [-0.4, -0.2) is 17.2 Å². The Labute approximate surface area is 102 Å². The van der Waals surface area contributed by atoms with Gasteiger partial charge in [0.05, 0.1) is 0 Å². The lowest BCUT2D eigenvalue weighted by Crippen LogP contribution is -2.33. The highest BCUT2D eigenvalue weighted by Gasteiger charge is 2.36. The minimum Gasteiger partial charge on any atom is -0.359 e. The molecule has 2 nitrogen and oxygen atoms in total. The molecule has 0 aromatic carbocycles. The first-order chi connectivity index (χ1) is 7.71. The van der Waals surface area contributed by atoms with E-state index in [4.69, 9.17) is 0 Å². The van der Waals surface area contributed by atoms with Crippen molar-refractivity contribution in [3.8, 4) is 0 Å². The summed E-state index contributed by atoms with van der Waals surface area (Å²) < 4.78 is 61.7. The lowest BCUT2D eigenvalue weighted by molar-refractivity contribution is -0.138. The number of hydrogen-bond donors (Lipinski definition) is 1. The van der Waals surface area contributed by atoms with E-state index in [0.717, 1.165) is 19.2 Å². The molecule has 0 radical (unpaired) electrons. The van der Waals surface area contributed by atoms with Crippen molar-refractivity contribution in [3.63, 3.8) is 0 Å². The van der Waals surface area contributed by atoms with E-state index in [0.29, 0.717) is 0 Å². The molecule has 0 aliphatic rings. The van der Waals surface area contributed by atoms with Crippen LogP contribution >= 0.6 is 15.9 Å². The Morgan fingerprint density at radius 1 is 1.35 bits per heavy atom. The summed E-state index contributed by atoms with van der Waals surface area (Å²) in [5.41, 5.74) is -0.406.